The van der Waals surface area contributed by atoms with Gasteiger partial charge < -0.3 is 9.52 Å². The number of carboxylic acids is 1. The van der Waals surface area contributed by atoms with Crippen LogP contribution in [0.15, 0.2) is 58.6 Å². The van der Waals surface area contributed by atoms with Crippen molar-refractivity contribution in [2.45, 2.75) is 39.5 Å². The molecule has 4 nitrogen and oxygen atoms in total. The molecule has 29 heavy (non-hydrogen) atoms. The van der Waals surface area contributed by atoms with Crippen molar-refractivity contribution in [3.63, 3.8) is 0 Å². The minimum absolute atomic E-state index is 0.222. The Hall–Kier alpha value is -2.59. The van der Waals surface area contributed by atoms with Gasteiger partial charge in [-0.25, -0.2) is 0 Å². The van der Waals surface area contributed by atoms with Crippen molar-refractivity contribution in [1.29, 1.82) is 0 Å². The molecule has 0 atom stereocenters. The fourth-order valence-electron chi connectivity index (χ4n) is 3.54. The summed E-state index contributed by atoms with van der Waals surface area (Å²) in [6, 6.07) is 8.52. The van der Waals surface area contributed by atoms with Gasteiger partial charge in [-0.3, -0.25) is 9.69 Å². The molecule has 1 aromatic carbocycles. The van der Waals surface area contributed by atoms with E-state index in [9.17, 15) is 4.79 Å². The van der Waals surface area contributed by atoms with Crippen LogP contribution in [-0.4, -0.2) is 35.6 Å². The number of aliphatic carboxylic acids is 1. The molecule has 1 aliphatic heterocycles. The van der Waals surface area contributed by atoms with Crippen molar-refractivity contribution >= 4 is 23.0 Å². The first-order chi connectivity index (χ1) is 14.1. The maximum Gasteiger partial charge on any atom is 0.309 e. The summed E-state index contributed by atoms with van der Waals surface area (Å²) >= 11 is 0. The summed E-state index contributed by atoms with van der Waals surface area (Å²) in [5.74, 6) is -0.0733. The number of aryl methyl sites for hydroxylation is 1. The van der Waals surface area contributed by atoms with E-state index in [0.29, 0.717) is 13.1 Å². The molecule has 154 valence electrons. The molecule has 1 saturated heterocycles. The summed E-state index contributed by atoms with van der Waals surface area (Å²) in [5.41, 5.74) is 3.45. The SMILES string of the molecule is CC\C=C/C(=C\C=C\c1cc2cc(CCCC)ccc2o1)CN1CC(C(=O)O)C1. The number of carbonyl (C=O) groups is 1. The highest BCUT2D eigenvalue weighted by molar-refractivity contribution is 5.80. The van der Waals surface area contributed by atoms with Gasteiger partial charge in [-0.15, -0.1) is 0 Å². The number of hydrogen-bond donors (Lipinski definition) is 1. The molecule has 0 bridgehead atoms. The lowest BCUT2D eigenvalue weighted by molar-refractivity contribution is -0.147. The van der Waals surface area contributed by atoms with Crippen LogP contribution in [0.25, 0.3) is 17.0 Å². The van der Waals surface area contributed by atoms with E-state index in [1.165, 1.54) is 24.0 Å². The van der Waals surface area contributed by atoms with Gasteiger partial charge in [0.05, 0.1) is 5.92 Å². The number of carboxylic acid groups (broad SMARTS) is 1. The molecular formula is C25H31NO3. The van der Waals surface area contributed by atoms with Crippen molar-refractivity contribution in [2.75, 3.05) is 19.6 Å². The zero-order chi connectivity index (χ0) is 20.6. The van der Waals surface area contributed by atoms with Crippen molar-refractivity contribution in [3.05, 3.63) is 65.5 Å². The molecule has 2 aromatic rings. The van der Waals surface area contributed by atoms with Crippen molar-refractivity contribution in [2.24, 2.45) is 5.92 Å². The Morgan fingerprint density at radius 1 is 1.28 bits per heavy atom. The molecule has 4 heteroatoms. The zero-order valence-corrected chi connectivity index (χ0v) is 17.4. The number of likely N-dealkylation sites (tertiary alicyclic amines) is 1. The lowest BCUT2D eigenvalue weighted by atomic mass is 9.99. The molecule has 1 N–H and O–H groups in total. The second-order valence-electron chi connectivity index (χ2n) is 7.77. The topological polar surface area (TPSA) is 53.7 Å². The highest BCUT2D eigenvalue weighted by atomic mass is 16.4. The van der Waals surface area contributed by atoms with E-state index in [0.717, 1.165) is 36.1 Å². The Morgan fingerprint density at radius 3 is 2.83 bits per heavy atom. The quantitative estimate of drug-likeness (QED) is 0.526. The van der Waals surface area contributed by atoms with Gasteiger partial charge in [0.25, 0.3) is 0 Å². The first-order valence-electron chi connectivity index (χ1n) is 10.6. The molecule has 0 amide bonds. The van der Waals surface area contributed by atoms with Crippen LogP contribution in [0.5, 0.6) is 0 Å². The van der Waals surface area contributed by atoms with Crippen molar-refractivity contribution in [3.8, 4) is 0 Å². The van der Waals surface area contributed by atoms with Crippen LogP contribution in [0.4, 0.5) is 0 Å². The van der Waals surface area contributed by atoms with E-state index in [4.69, 9.17) is 9.52 Å². The molecule has 3 rings (SSSR count). The van der Waals surface area contributed by atoms with Gasteiger partial charge in [-0.2, -0.15) is 0 Å². The summed E-state index contributed by atoms with van der Waals surface area (Å²) in [7, 11) is 0. The molecule has 0 aliphatic carbocycles. The predicted octanol–water partition coefficient (Wildman–Crippen LogP) is 5.70. The Bertz CT molecular complexity index is 913. The Morgan fingerprint density at radius 2 is 2.10 bits per heavy atom. The molecule has 1 aromatic heterocycles. The molecule has 0 unspecified atom stereocenters. The third-order valence-electron chi connectivity index (χ3n) is 5.27. The Balaban J connectivity index is 1.66. The number of allylic oxidation sites excluding steroid dienone is 3. The molecule has 0 radical (unpaired) electrons. The minimum atomic E-state index is -0.696. The maximum absolute atomic E-state index is 11.0. The van der Waals surface area contributed by atoms with E-state index in [1.807, 2.05) is 12.2 Å². The molecule has 2 heterocycles. The van der Waals surface area contributed by atoms with E-state index in [1.54, 1.807) is 0 Å². The van der Waals surface area contributed by atoms with Gasteiger partial charge in [-0.1, -0.05) is 50.6 Å². The standard InChI is InChI=1S/C25H31NO3/c1-3-5-8-19-12-13-24-21(14-19)15-23(29-24)11-7-10-20(9-6-4-2)16-26-17-22(18-26)25(27)28/h6-7,9-15,22H,3-5,8,16-18H2,1-2H3,(H,27,28)/b9-6-,11-7+,20-10+. The largest absolute Gasteiger partial charge is 0.481 e. The number of nitrogens with zero attached hydrogens (tertiary/aromatic N) is 1. The maximum atomic E-state index is 11.0. The number of unbranched alkanes of at least 4 members (excludes halogenated alkanes) is 1. The van der Waals surface area contributed by atoms with Crippen LogP contribution in [-0.2, 0) is 11.2 Å². The first kappa shape index (κ1) is 21.1. The highest BCUT2D eigenvalue weighted by Gasteiger charge is 2.32. The van der Waals surface area contributed by atoms with Crippen LogP contribution in [0.1, 0.15) is 44.4 Å². The molecule has 0 saturated carbocycles. The van der Waals surface area contributed by atoms with Gasteiger partial charge in [0, 0.05) is 25.0 Å². The lowest BCUT2D eigenvalue weighted by Gasteiger charge is -2.36. The van der Waals surface area contributed by atoms with E-state index < -0.39 is 5.97 Å². The summed E-state index contributed by atoms with van der Waals surface area (Å²) in [5, 5.41) is 10.2. The smallest absolute Gasteiger partial charge is 0.309 e. The Labute approximate surface area is 173 Å². The van der Waals surface area contributed by atoms with Crippen LogP contribution >= 0.6 is 0 Å². The fourth-order valence-corrected chi connectivity index (χ4v) is 3.54. The summed E-state index contributed by atoms with van der Waals surface area (Å²) in [6.07, 6.45) is 14.8. The fraction of sp³-hybridized carbons (Fsp3) is 0.400. The van der Waals surface area contributed by atoms with Crippen LogP contribution in [0.2, 0.25) is 0 Å². The van der Waals surface area contributed by atoms with Crippen LogP contribution in [0, 0.1) is 5.92 Å². The number of rotatable bonds is 10. The number of benzene rings is 1. The van der Waals surface area contributed by atoms with Crippen molar-refractivity contribution in [1.82, 2.24) is 4.90 Å². The van der Waals surface area contributed by atoms with Gasteiger partial charge in [-0.05, 0) is 54.7 Å². The third-order valence-corrected chi connectivity index (χ3v) is 5.27. The summed E-state index contributed by atoms with van der Waals surface area (Å²) < 4.78 is 5.93. The number of hydrogen-bond acceptors (Lipinski definition) is 3. The first-order valence-corrected chi connectivity index (χ1v) is 10.6. The minimum Gasteiger partial charge on any atom is -0.481 e. The molecular weight excluding hydrogens is 362 g/mol. The van der Waals surface area contributed by atoms with Crippen molar-refractivity contribution < 1.29 is 14.3 Å². The van der Waals surface area contributed by atoms with E-state index >= 15 is 0 Å². The van der Waals surface area contributed by atoms with Crippen LogP contribution in [0.3, 0.4) is 0 Å². The summed E-state index contributed by atoms with van der Waals surface area (Å²) in [4.78, 5) is 13.1. The lowest BCUT2D eigenvalue weighted by Crippen LogP contribution is -2.50. The molecule has 1 aliphatic rings. The molecule has 1 fully saturated rings. The van der Waals surface area contributed by atoms with E-state index in [-0.39, 0.29) is 5.92 Å². The second-order valence-corrected chi connectivity index (χ2v) is 7.77. The molecule has 0 spiro atoms. The Kier molecular flexibility index (Phi) is 7.48. The van der Waals surface area contributed by atoms with Gasteiger partial charge in [0.15, 0.2) is 0 Å². The second kappa shape index (κ2) is 10.3. The van der Waals surface area contributed by atoms with Gasteiger partial charge >= 0.3 is 5.97 Å². The van der Waals surface area contributed by atoms with Crippen LogP contribution < -0.4 is 0 Å². The zero-order valence-electron chi connectivity index (χ0n) is 17.4. The third kappa shape index (κ3) is 5.94. The predicted molar refractivity (Wildman–Crippen MR) is 119 cm³/mol. The normalized spacial score (nSPS) is 16.3. The average Bonchev–Trinajstić information content (AvgIpc) is 3.07. The highest BCUT2D eigenvalue weighted by Crippen LogP contribution is 2.23. The average molecular weight is 394 g/mol. The monoisotopic (exact) mass is 393 g/mol. The summed E-state index contributed by atoms with van der Waals surface area (Å²) in [6.45, 7) is 6.34. The van der Waals surface area contributed by atoms with Gasteiger partial charge in [0.1, 0.15) is 11.3 Å². The number of fused-ring (bicyclic) bond motifs is 1. The van der Waals surface area contributed by atoms with E-state index in [2.05, 4.69) is 61.2 Å². The van der Waals surface area contributed by atoms with Gasteiger partial charge in [0.2, 0.25) is 0 Å². The number of furan rings is 1.